The van der Waals surface area contributed by atoms with Crippen molar-refractivity contribution in [1.82, 2.24) is 14.8 Å². The largest absolute Gasteiger partial charge is 0.496 e. The van der Waals surface area contributed by atoms with Gasteiger partial charge in [-0.3, -0.25) is 0 Å². The SMILES string of the molecule is COc1cccc(F)c1-c1nnc2n1CC(CN)CC2. The van der Waals surface area contributed by atoms with Gasteiger partial charge in [-0.2, -0.15) is 0 Å². The average Bonchev–Trinajstić information content (AvgIpc) is 2.89. The molecule has 0 saturated carbocycles. The van der Waals surface area contributed by atoms with Gasteiger partial charge in [-0.15, -0.1) is 10.2 Å². The number of hydrogen-bond donors (Lipinski definition) is 1. The van der Waals surface area contributed by atoms with Crippen LogP contribution in [0.15, 0.2) is 18.2 Å². The smallest absolute Gasteiger partial charge is 0.170 e. The number of rotatable bonds is 3. The minimum Gasteiger partial charge on any atom is -0.496 e. The Morgan fingerprint density at radius 1 is 1.45 bits per heavy atom. The van der Waals surface area contributed by atoms with E-state index in [1.165, 1.54) is 13.2 Å². The number of aromatic nitrogens is 3. The summed E-state index contributed by atoms with van der Waals surface area (Å²) in [6.07, 6.45) is 1.83. The van der Waals surface area contributed by atoms with Gasteiger partial charge >= 0.3 is 0 Å². The Kier molecular flexibility index (Phi) is 3.40. The van der Waals surface area contributed by atoms with Crippen molar-refractivity contribution in [2.45, 2.75) is 19.4 Å². The van der Waals surface area contributed by atoms with Gasteiger partial charge in [0.15, 0.2) is 5.82 Å². The predicted molar refractivity (Wildman–Crippen MR) is 72.8 cm³/mol. The predicted octanol–water partition coefficient (Wildman–Crippen LogP) is 1.61. The first kappa shape index (κ1) is 13.1. The summed E-state index contributed by atoms with van der Waals surface area (Å²) in [5.74, 6) is 1.91. The quantitative estimate of drug-likeness (QED) is 0.925. The lowest BCUT2D eigenvalue weighted by atomic mass is 9.99. The fourth-order valence-electron chi connectivity index (χ4n) is 2.66. The van der Waals surface area contributed by atoms with Crippen LogP contribution in [0.25, 0.3) is 11.4 Å². The van der Waals surface area contributed by atoms with Crippen LogP contribution in [0.1, 0.15) is 12.2 Å². The normalized spacial score (nSPS) is 17.9. The monoisotopic (exact) mass is 276 g/mol. The van der Waals surface area contributed by atoms with Crippen LogP contribution in [-0.4, -0.2) is 28.4 Å². The molecule has 5 nitrogen and oxygen atoms in total. The minimum absolute atomic E-state index is 0.352. The molecule has 0 spiro atoms. The molecule has 2 N–H and O–H groups in total. The standard InChI is InChI=1S/C14H17FN4O/c1-20-11-4-2-3-10(15)13(11)14-18-17-12-6-5-9(7-16)8-19(12)14/h2-4,9H,5-8,16H2,1H3. The van der Waals surface area contributed by atoms with E-state index >= 15 is 0 Å². The fourth-order valence-corrected chi connectivity index (χ4v) is 2.66. The van der Waals surface area contributed by atoms with Crippen molar-refractivity contribution in [2.75, 3.05) is 13.7 Å². The molecule has 2 heterocycles. The van der Waals surface area contributed by atoms with Crippen molar-refractivity contribution in [2.24, 2.45) is 11.7 Å². The molecule has 0 saturated heterocycles. The average molecular weight is 276 g/mol. The van der Waals surface area contributed by atoms with E-state index in [0.29, 0.717) is 29.6 Å². The van der Waals surface area contributed by atoms with Crippen LogP contribution < -0.4 is 10.5 Å². The highest BCUT2D eigenvalue weighted by atomic mass is 19.1. The lowest BCUT2D eigenvalue weighted by Crippen LogP contribution is -2.26. The van der Waals surface area contributed by atoms with E-state index in [4.69, 9.17) is 10.5 Å². The van der Waals surface area contributed by atoms with Crippen molar-refractivity contribution >= 4 is 0 Å². The maximum atomic E-state index is 14.2. The molecule has 0 fully saturated rings. The van der Waals surface area contributed by atoms with Gasteiger partial charge in [0.1, 0.15) is 17.4 Å². The van der Waals surface area contributed by atoms with Crippen LogP contribution in [-0.2, 0) is 13.0 Å². The van der Waals surface area contributed by atoms with Gasteiger partial charge in [0.2, 0.25) is 0 Å². The zero-order chi connectivity index (χ0) is 14.1. The Morgan fingerprint density at radius 2 is 2.30 bits per heavy atom. The molecular weight excluding hydrogens is 259 g/mol. The molecule has 1 aliphatic rings. The maximum absolute atomic E-state index is 14.2. The number of benzene rings is 1. The topological polar surface area (TPSA) is 66.0 Å². The minimum atomic E-state index is -0.352. The summed E-state index contributed by atoms with van der Waals surface area (Å²) >= 11 is 0. The molecule has 6 heteroatoms. The van der Waals surface area contributed by atoms with Gasteiger partial charge < -0.3 is 15.0 Å². The Balaban J connectivity index is 2.11. The summed E-state index contributed by atoms with van der Waals surface area (Å²) in [5, 5.41) is 8.33. The second kappa shape index (κ2) is 5.20. The molecule has 1 aromatic carbocycles. The number of methoxy groups -OCH3 is 1. The van der Waals surface area contributed by atoms with Crippen molar-refractivity contribution in [3.63, 3.8) is 0 Å². The number of halogens is 1. The van der Waals surface area contributed by atoms with Crippen LogP contribution in [0.3, 0.4) is 0 Å². The maximum Gasteiger partial charge on any atom is 0.170 e. The molecule has 3 rings (SSSR count). The second-order valence-corrected chi connectivity index (χ2v) is 5.01. The van der Waals surface area contributed by atoms with Crippen LogP contribution in [0.4, 0.5) is 4.39 Å². The van der Waals surface area contributed by atoms with Gasteiger partial charge in [-0.1, -0.05) is 6.07 Å². The highest BCUT2D eigenvalue weighted by molar-refractivity contribution is 5.65. The van der Waals surface area contributed by atoms with E-state index in [1.54, 1.807) is 12.1 Å². The Bertz CT molecular complexity index is 626. The van der Waals surface area contributed by atoms with Crippen molar-refractivity contribution in [1.29, 1.82) is 0 Å². The summed E-state index contributed by atoms with van der Waals surface area (Å²) in [4.78, 5) is 0. The summed E-state index contributed by atoms with van der Waals surface area (Å²) in [6, 6.07) is 4.75. The van der Waals surface area contributed by atoms with Gasteiger partial charge in [-0.25, -0.2) is 4.39 Å². The summed E-state index contributed by atoms with van der Waals surface area (Å²) in [6.45, 7) is 1.34. The third-order valence-corrected chi connectivity index (χ3v) is 3.80. The van der Waals surface area contributed by atoms with E-state index in [9.17, 15) is 4.39 Å². The summed E-state index contributed by atoms with van der Waals surface area (Å²) in [7, 11) is 1.52. The summed E-state index contributed by atoms with van der Waals surface area (Å²) < 4.78 is 21.4. The fraction of sp³-hybridized carbons (Fsp3) is 0.429. The zero-order valence-electron chi connectivity index (χ0n) is 11.3. The molecule has 2 aromatic rings. The number of nitrogens with two attached hydrogens (primary N) is 1. The summed E-state index contributed by atoms with van der Waals surface area (Å²) in [5.41, 5.74) is 6.12. The van der Waals surface area contributed by atoms with Crippen LogP contribution in [0.5, 0.6) is 5.75 Å². The first-order chi connectivity index (χ1) is 9.74. The Morgan fingerprint density at radius 3 is 3.05 bits per heavy atom. The van der Waals surface area contributed by atoms with E-state index in [1.807, 2.05) is 4.57 Å². The lowest BCUT2D eigenvalue weighted by molar-refractivity contribution is 0.374. The van der Waals surface area contributed by atoms with Crippen LogP contribution in [0, 0.1) is 11.7 Å². The van der Waals surface area contributed by atoms with Gasteiger partial charge in [0.25, 0.3) is 0 Å². The number of aryl methyl sites for hydroxylation is 1. The molecule has 0 radical (unpaired) electrons. The first-order valence-electron chi connectivity index (χ1n) is 6.69. The first-order valence-corrected chi connectivity index (χ1v) is 6.69. The third kappa shape index (κ3) is 2.06. The third-order valence-electron chi connectivity index (χ3n) is 3.80. The molecule has 1 aliphatic heterocycles. The van der Waals surface area contributed by atoms with Gasteiger partial charge in [-0.05, 0) is 31.0 Å². The molecule has 106 valence electrons. The number of hydrogen-bond acceptors (Lipinski definition) is 4. The van der Waals surface area contributed by atoms with Crippen LogP contribution >= 0.6 is 0 Å². The molecule has 1 atom stereocenters. The molecule has 1 aromatic heterocycles. The van der Waals surface area contributed by atoms with E-state index in [-0.39, 0.29) is 5.82 Å². The Labute approximate surface area is 116 Å². The molecule has 1 unspecified atom stereocenters. The zero-order valence-corrected chi connectivity index (χ0v) is 11.3. The molecule has 0 amide bonds. The van der Waals surface area contributed by atoms with Crippen molar-refractivity contribution < 1.29 is 9.13 Å². The van der Waals surface area contributed by atoms with Crippen LogP contribution in [0.2, 0.25) is 0 Å². The molecule has 20 heavy (non-hydrogen) atoms. The molecular formula is C14H17FN4O. The van der Waals surface area contributed by atoms with E-state index in [2.05, 4.69) is 10.2 Å². The van der Waals surface area contributed by atoms with Gasteiger partial charge in [0, 0.05) is 13.0 Å². The van der Waals surface area contributed by atoms with E-state index in [0.717, 1.165) is 25.2 Å². The molecule has 0 bridgehead atoms. The highest BCUT2D eigenvalue weighted by Crippen LogP contribution is 2.33. The highest BCUT2D eigenvalue weighted by Gasteiger charge is 2.25. The van der Waals surface area contributed by atoms with Gasteiger partial charge in [0.05, 0.1) is 12.7 Å². The van der Waals surface area contributed by atoms with Crippen molar-refractivity contribution in [3.8, 4) is 17.1 Å². The number of nitrogens with zero attached hydrogens (tertiary/aromatic N) is 3. The number of ether oxygens (including phenoxy) is 1. The van der Waals surface area contributed by atoms with E-state index < -0.39 is 0 Å². The number of fused-ring (bicyclic) bond motifs is 1. The molecule has 0 aliphatic carbocycles. The lowest BCUT2D eigenvalue weighted by Gasteiger charge is -2.23. The second-order valence-electron chi connectivity index (χ2n) is 5.01. The van der Waals surface area contributed by atoms with Crippen molar-refractivity contribution in [3.05, 3.63) is 29.8 Å². The Hall–Kier alpha value is -1.95.